The lowest BCUT2D eigenvalue weighted by Crippen LogP contribution is -2.24. The minimum absolute atomic E-state index is 0.0839. The van der Waals surface area contributed by atoms with Gasteiger partial charge in [0.25, 0.3) is 6.01 Å². The van der Waals surface area contributed by atoms with Crippen LogP contribution in [0, 0.1) is 0 Å². The van der Waals surface area contributed by atoms with E-state index in [9.17, 15) is 9.59 Å². The highest BCUT2D eigenvalue weighted by atomic mass is 16.5. The van der Waals surface area contributed by atoms with E-state index >= 15 is 0 Å². The van der Waals surface area contributed by atoms with E-state index in [4.69, 9.17) is 14.9 Å². The fourth-order valence-electron chi connectivity index (χ4n) is 1.20. The molecule has 0 saturated heterocycles. The zero-order chi connectivity index (χ0) is 12.8. The fourth-order valence-corrected chi connectivity index (χ4v) is 1.20. The van der Waals surface area contributed by atoms with Gasteiger partial charge in [-0.1, -0.05) is 0 Å². The Bertz CT molecular complexity index is 402. The smallest absolute Gasteiger partial charge is 0.360 e. The second-order valence-electron chi connectivity index (χ2n) is 3.47. The van der Waals surface area contributed by atoms with Crippen molar-refractivity contribution in [1.29, 1.82) is 0 Å². The Morgan fingerprint density at radius 3 is 2.94 bits per heavy atom. The van der Waals surface area contributed by atoms with Gasteiger partial charge in [0.05, 0.1) is 6.61 Å². The van der Waals surface area contributed by atoms with Crippen LogP contribution in [0.5, 0.6) is 0 Å². The van der Waals surface area contributed by atoms with E-state index in [1.165, 1.54) is 6.26 Å². The van der Waals surface area contributed by atoms with Crippen LogP contribution in [0.1, 0.15) is 30.8 Å². The van der Waals surface area contributed by atoms with Crippen LogP contribution in [0.4, 0.5) is 6.01 Å². The molecule has 7 nitrogen and oxygen atoms in total. The van der Waals surface area contributed by atoms with Crippen LogP contribution in [0.15, 0.2) is 10.7 Å². The highest BCUT2D eigenvalue weighted by molar-refractivity contribution is 5.87. The number of rotatable bonds is 6. The molecule has 1 rings (SSSR count). The van der Waals surface area contributed by atoms with E-state index in [2.05, 4.69) is 10.3 Å². The molecule has 1 aromatic heterocycles. The number of ether oxygens (including phenoxy) is 1. The number of aromatic nitrogens is 1. The quantitative estimate of drug-likeness (QED) is 0.703. The van der Waals surface area contributed by atoms with Crippen molar-refractivity contribution in [1.82, 2.24) is 4.98 Å². The highest BCUT2D eigenvalue weighted by Gasteiger charge is 2.14. The third-order valence-corrected chi connectivity index (χ3v) is 1.87. The Hall–Kier alpha value is -2.05. The number of anilines is 1. The maximum absolute atomic E-state index is 11.3. The molecule has 0 fully saturated rings. The van der Waals surface area contributed by atoms with Crippen LogP contribution in [0.3, 0.4) is 0 Å². The zero-order valence-electron chi connectivity index (χ0n) is 9.73. The number of nitrogens with two attached hydrogens (primary N) is 1. The standard InChI is InChI=1S/C10H15N3O4/c1-3-16-9(15)7-5-17-10(13-7)12-6(2)4-8(11)14/h5-6H,3-4H2,1-2H3,(H2,11,14)(H,12,13). The number of amides is 1. The maximum atomic E-state index is 11.3. The number of primary amides is 1. The Balaban J connectivity index is 2.56. The summed E-state index contributed by atoms with van der Waals surface area (Å²) < 4.78 is 9.76. The van der Waals surface area contributed by atoms with Gasteiger partial charge in [-0.25, -0.2) is 4.79 Å². The van der Waals surface area contributed by atoms with Crippen LogP contribution >= 0.6 is 0 Å². The molecule has 94 valence electrons. The number of carbonyl (C=O) groups excluding carboxylic acids is 2. The molecular formula is C10H15N3O4. The number of oxazole rings is 1. The number of nitrogens with one attached hydrogen (secondary N) is 1. The molecule has 1 amide bonds. The Kier molecular flexibility index (Phi) is 4.50. The molecule has 0 bridgehead atoms. The van der Waals surface area contributed by atoms with Crippen LogP contribution in [-0.4, -0.2) is 29.5 Å². The van der Waals surface area contributed by atoms with Gasteiger partial charge in [0.1, 0.15) is 6.26 Å². The van der Waals surface area contributed by atoms with Crippen LogP contribution in [0.25, 0.3) is 0 Å². The van der Waals surface area contributed by atoms with Gasteiger partial charge in [-0.15, -0.1) is 0 Å². The van der Waals surface area contributed by atoms with Crippen molar-refractivity contribution in [3.8, 4) is 0 Å². The molecule has 17 heavy (non-hydrogen) atoms. The molecule has 0 spiro atoms. The first kappa shape index (κ1) is 13.0. The molecule has 0 saturated carbocycles. The molecule has 1 atom stereocenters. The number of hydrogen-bond acceptors (Lipinski definition) is 6. The second-order valence-corrected chi connectivity index (χ2v) is 3.47. The lowest BCUT2D eigenvalue weighted by Gasteiger charge is -2.08. The van der Waals surface area contributed by atoms with Crippen molar-refractivity contribution in [2.45, 2.75) is 26.3 Å². The molecule has 1 unspecified atom stereocenters. The topological polar surface area (TPSA) is 107 Å². The third-order valence-electron chi connectivity index (χ3n) is 1.87. The van der Waals surface area contributed by atoms with E-state index < -0.39 is 11.9 Å². The molecule has 0 aromatic carbocycles. The Labute approximate surface area is 98.3 Å². The monoisotopic (exact) mass is 241 g/mol. The molecule has 1 aromatic rings. The van der Waals surface area contributed by atoms with Gasteiger partial charge in [0, 0.05) is 12.5 Å². The molecular weight excluding hydrogens is 226 g/mol. The third kappa shape index (κ3) is 4.13. The van der Waals surface area contributed by atoms with E-state index in [0.717, 1.165) is 0 Å². The number of nitrogens with zero attached hydrogens (tertiary/aromatic N) is 1. The van der Waals surface area contributed by atoms with E-state index in [-0.39, 0.29) is 30.8 Å². The maximum Gasteiger partial charge on any atom is 0.360 e. The summed E-state index contributed by atoms with van der Waals surface area (Å²) in [5, 5.41) is 2.80. The summed E-state index contributed by atoms with van der Waals surface area (Å²) in [4.78, 5) is 25.8. The van der Waals surface area contributed by atoms with Crippen LogP contribution < -0.4 is 11.1 Å². The average molecular weight is 241 g/mol. The predicted molar refractivity (Wildman–Crippen MR) is 59.4 cm³/mol. The second kappa shape index (κ2) is 5.88. The number of carbonyl (C=O) groups is 2. The number of esters is 1. The van der Waals surface area contributed by atoms with Crippen LogP contribution in [-0.2, 0) is 9.53 Å². The van der Waals surface area contributed by atoms with Crippen molar-refractivity contribution in [2.24, 2.45) is 5.73 Å². The molecule has 0 aliphatic carbocycles. The van der Waals surface area contributed by atoms with Gasteiger partial charge in [-0.2, -0.15) is 4.98 Å². The Morgan fingerprint density at radius 2 is 2.35 bits per heavy atom. The summed E-state index contributed by atoms with van der Waals surface area (Å²) in [5.74, 6) is -0.978. The largest absolute Gasteiger partial charge is 0.461 e. The van der Waals surface area contributed by atoms with Gasteiger partial charge in [-0.3, -0.25) is 4.79 Å². The predicted octanol–water partition coefficient (Wildman–Crippen LogP) is 0.527. The molecule has 0 aliphatic rings. The minimum atomic E-state index is -0.549. The van der Waals surface area contributed by atoms with E-state index in [1.54, 1.807) is 13.8 Å². The minimum Gasteiger partial charge on any atom is -0.461 e. The van der Waals surface area contributed by atoms with Crippen molar-refractivity contribution in [3.05, 3.63) is 12.0 Å². The molecule has 0 radical (unpaired) electrons. The first-order valence-electron chi connectivity index (χ1n) is 5.20. The van der Waals surface area contributed by atoms with Crippen molar-refractivity contribution < 1.29 is 18.7 Å². The lowest BCUT2D eigenvalue weighted by molar-refractivity contribution is -0.118. The van der Waals surface area contributed by atoms with E-state index in [1.807, 2.05) is 0 Å². The molecule has 1 heterocycles. The summed E-state index contributed by atoms with van der Waals surface area (Å²) in [6.45, 7) is 3.72. The first-order valence-corrected chi connectivity index (χ1v) is 5.20. The zero-order valence-corrected chi connectivity index (χ0v) is 9.73. The van der Waals surface area contributed by atoms with E-state index in [0.29, 0.717) is 0 Å². The Morgan fingerprint density at radius 1 is 1.65 bits per heavy atom. The van der Waals surface area contributed by atoms with Gasteiger partial charge >= 0.3 is 5.97 Å². The summed E-state index contributed by atoms with van der Waals surface area (Å²) in [6.07, 6.45) is 1.34. The normalized spacial score (nSPS) is 11.9. The summed E-state index contributed by atoms with van der Waals surface area (Å²) in [6, 6.07) is -0.0667. The van der Waals surface area contributed by atoms with Gasteiger partial charge in [-0.05, 0) is 13.8 Å². The average Bonchev–Trinajstić information content (AvgIpc) is 2.65. The molecule has 0 aliphatic heterocycles. The van der Waals surface area contributed by atoms with Crippen molar-refractivity contribution in [2.75, 3.05) is 11.9 Å². The van der Waals surface area contributed by atoms with Gasteiger partial charge in [0.2, 0.25) is 5.91 Å². The number of hydrogen-bond donors (Lipinski definition) is 2. The summed E-state index contributed by atoms with van der Waals surface area (Å²) in [7, 11) is 0. The molecule has 7 heteroatoms. The highest BCUT2D eigenvalue weighted by Crippen LogP contribution is 2.10. The fraction of sp³-hybridized carbons (Fsp3) is 0.500. The van der Waals surface area contributed by atoms with Crippen molar-refractivity contribution >= 4 is 17.9 Å². The summed E-state index contributed by atoms with van der Waals surface area (Å²) in [5.41, 5.74) is 5.12. The van der Waals surface area contributed by atoms with Gasteiger partial charge in [0.15, 0.2) is 5.69 Å². The van der Waals surface area contributed by atoms with Crippen LogP contribution in [0.2, 0.25) is 0 Å². The lowest BCUT2D eigenvalue weighted by atomic mass is 10.2. The SMILES string of the molecule is CCOC(=O)c1coc(NC(C)CC(N)=O)n1. The first-order chi connectivity index (χ1) is 8.02. The molecule has 3 N–H and O–H groups in total. The van der Waals surface area contributed by atoms with Gasteiger partial charge < -0.3 is 20.2 Å². The summed E-state index contributed by atoms with van der Waals surface area (Å²) >= 11 is 0. The van der Waals surface area contributed by atoms with Crippen molar-refractivity contribution in [3.63, 3.8) is 0 Å².